The van der Waals surface area contributed by atoms with Crippen molar-refractivity contribution in [2.45, 2.75) is 19.4 Å². The summed E-state index contributed by atoms with van der Waals surface area (Å²) in [5.41, 5.74) is 6.39. The van der Waals surface area contributed by atoms with E-state index in [1.165, 1.54) is 18.3 Å². The number of thiazole rings is 1. The van der Waals surface area contributed by atoms with Crippen molar-refractivity contribution in [1.29, 1.82) is 0 Å². The molecule has 0 aromatic carbocycles. The highest BCUT2D eigenvalue weighted by molar-refractivity contribution is 7.14. The number of hydrogen-bond donors (Lipinski definition) is 2. The molecule has 0 aliphatic heterocycles. The standard InChI is InChI=1S/C13H13N3O4S2/c1-7(11(18)16-13(14)19)20-10(17)4-9-6-22-12(15-9)8-2-3-21-5-8/h2-3,5-7H,4H2,1H3,(H3,14,16,18,19)/t7-/m0/s1. The topological polar surface area (TPSA) is 111 Å². The molecule has 0 aliphatic carbocycles. The lowest BCUT2D eigenvalue weighted by molar-refractivity contribution is -0.153. The first kappa shape index (κ1) is 16.1. The molecule has 0 saturated carbocycles. The predicted molar refractivity (Wildman–Crippen MR) is 82.4 cm³/mol. The van der Waals surface area contributed by atoms with E-state index in [4.69, 9.17) is 10.5 Å². The molecule has 0 aliphatic rings. The third-order valence-electron chi connectivity index (χ3n) is 2.57. The van der Waals surface area contributed by atoms with Crippen molar-refractivity contribution in [1.82, 2.24) is 10.3 Å². The van der Waals surface area contributed by atoms with Gasteiger partial charge >= 0.3 is 12.0 Å². The first-order valence-corrected chi connectivity index (χ1v) is 8.04. The lowest BCUT2D eigenvalue weighted by Gasteiger charge is -2.11. The number of imide groups is 1. The summed E-state index contributed by atoms with van der Waals surface area (Å²) in [5, 5.41) is 8.35. The molecular formula is C13H13N3O4S2. The average Bonchev–Trinajstić information content (AvgIpc) is 3.07. The molecule has 3 N–H and O–H groups in total. The van der Waals surface area contributed by atoms with Crippen LogP contribution in [0, 0.1) is 0 Å². The van der Waals surface area contributed by atoms with Crippen LogP contribution in [0.25, 0.3) is 10.6 Å². The highest BCUT2D eigenvalue weighted by Gasteiger charge is 2.19. The number of carbonyl (C=O) groups excluding carboxylic acids is 3. The number of nitrogens with zero attached hydrogens (tertiary/aromatic N) is 1. The Morgan fingerprint density at radius 3 is 2.82 bits per heavy atom. The Morgan fingerprint density at radius 1 is 1.41 bits per heavy atom. The second-order valence-electron chi connectivity index (χ2n) is 4.32. The molecule has 1 atom stereocenters. The second-order valence-corrected chi connectivity index (χ2v) is 5.96. The number of ether oxygens (including phenoxy) is 1. The van der Waals surface area contributed by atoms with E-state index in [-0.39, 0.29) is 6.42 Å². The summed E-state index contributed by atoms with van der Waals surface area (Å²) < 4.78 is 4.92. The molecule has 0 radical (unpaired) electrons. The number of hydrogen-bond acceptors (Lipinski definition) is 7. The number of thiophene rings is 1. The van der Waals surface area contributed by atoms with Gasteiger partial charge in [-0.1, -0.05) is 0 Å². The molecule has 0 bridgehead atoms. The minimum atomic E-state index is -1.10. The molecule has 2 aromatic heterocycles. The average molecular weight is 339 g/mol. The number of carbonyl (C=O) groups is 3. The van der Waals surface area contributed by atoms with E-state index < -0.39 is 24.0 Å². The Balaban J connectivity index is 1.89. The minimum Gasteiger partial charge on any atom is -0.452 e. The van der Waals surface area contributed by atoms with Gasteiger partial charge in [0, 0.05) is 16.3 Å². The van der Waals surface area contributed by atoms with Gasteiger partial charge in [0.1, 0.15) is 5.01 Å². The number of nitrogens with two attached hydrogens (primary N) is 1. The van der Waals surface area contributed by atoms with Gasteiger partial charge in [0.2, 0.25) is 0 Å². The van der Waals surface area contributed by atoms with Gasteiger partial charge in [-0.2, -0.15) is 11.3 Å². The third kappa shape index (κ3) is 4.37. The van der Waals surface area contributed by atoms with Crippen molar-refractivity contribution in [3.05, 3.63) is 27.9 Å². The molecule has 0 spiro atoms. The fourth-order valence-electron chi connectivity index (χ4n) is 1.57. The summed E-state index contributed by atoms with van der Waals surface area (Å²) in [4.78, 5) is 38.0. The van der Waals surface area contributed by atoms with Crippen molar-refractivity contribution >= 4 is 40.6 Å². The zero-order valence-electron chi connectivity index (χ0n) is 11.6. The minimum absolute atomic E-state index is 0.0468. The zero-order valence-corrected chi connectivity index (χ0v) is 13.2. The quantitative estimate of drug-likeness (QED) is 0.803. The Bertz CT molecular complexity index is 681. The number of urea groups is 1. The summed E-state index contributed by atoms with van der Waals surface area (Å²) in [7, 11) is 0. The van der Waals surface area contributed by atoms with Crippen LogP contribution >= 0.6 is 22.7 Å². The number of aromatic nitrogens is 1. The van der Waals surface area contributed by atoms with Crippen LogP contribution in [0.2, 0.25) is 0 Å². The van der Waals surface area contributed by atoms with Crippen LogP contribution in [0.3, 0.4) is 0 Å². The maximum Gasteiger partial charge on any atom is 0.318 e. The molecule has 7 nitrogen and oxygen atoms in total. The maximum atomic E-state index is 11.8. The maximum absolute atomic E-state index is 11.8. The molecule has 0 fully saturated rings. The monoisotopic (exact) mass is 339 g/mol. The first-order chi connectivity index (χ1) is 10.5. The van der Waals surface area contributed by atoms with Gasteiger partial charge in [0.25, 0.3) is 5.91 Å². The number of rotatable bonds is 5. The molecule has 2 heterocycles. The van der Waals surface area contributed by atoms with Gasteiger partial charge in [0.15, 0.2) is 6.10 Å². The van der Waals surface area contributed by atoms with E-state index in [2.05, 4.69) is 4.98 Å². The lowest BCUT2D eigenvalue weighted by atomic mass is 10.3. The molecule has 3 amide bonds. The summed E-state index contributed by atoms with van der Waals surface area (Å²) in [5.74, 6) is -1.37. The van der Waals surface area contributed by atoms with Crippen LogP contribution < -0.4 is 11.1 Å². The summed E-state index contributed by atoms with van der Waals surface area (Å²) >= 11 is 3.00. The van der Waals surface area contributed by atoms with Crippen LogP contribution in [0.1, 0.15) is 12.6 Å². The van der Waals surface area contributed by atoms with E-state index in [0.29, 0.717) is 5.69 Å². The van der Waals surface area contributed by atoms with Crippen molar-refractivity contribution in [2.24, 2.45) is 5.73 Å². The summed E-state index contributed by atoms with van der Waals surface area (Å²) in [6.45, 7) is 1.36. The first-order valence-electron chi connectivity index (χ1n) is 6.22. The molecule has 0 saturated heterocycles. The summed E-state index contributed by atoms with van der Waals surface area (Å²) in [6, 6.07) is 0.953. The number of primary amides is 1. The van der Waals surface area contributed by atoms with Crippen molar-refractivity contribution in [2.75, 3.05) is 0 Å². The summed E-state index contributed by atoms with van der Waals surface area (Å²) in [6.07, 6.45) is -1.15. The molecule has 2 aromatic rings. The van der Waals surface area contributed by atoms with Crippen LogP contribution in [0.4, 0.5) is 4.79 Å². The highest BCUT2D eigenvalue weighted by atomic mass is 32.1. The van der Waals surface area contributed by atoms with Gasteiger partial charge in [-0.3, -0.25) is 14.9 Å². The van der Waals surface area contributed by atoms with Gasteiger partial charge in [-0.25, -0.2) is 9.78 Å². The SMILES string of the molecule is C[C@H](OC(=O)Cc1csc(-c2ccsc2)n1)C(=O)NC(N)=O. The second kappa shape index (κ2) is 7.14. The number of amides is 3. The van der Waals surface area contributed by atoms with Crippen LogP contribution in [0.5, 0.6) is 0 Å². The van der Waals surface area contributed by atoms with E-state index >= 15 is 0 Å². The van der Waals surface area contributed by atoms with Gasteiger partial charge in [0.05, 0.1) is 12.1 Å². The Kier molecular flexibility index (Phi) is 5.23. The molecule has 9 heteroatoms. The fourth-order valence-corrected chi connectivity index (χ4v) is 3.10. The number of esters is 1. The van der Waals surface area contributed by atoms with Gasteiger partial charge in [-0.05, 0) is 18.4 Å². The molecule has 116 valence electrons. The van der Waals surface area contributed by atoms with Crippen LogP contribution in [-0.4, -0.2) is 29.0 Å². The number of nitrogens with one attached hydrogen (secondary N) is 1. The van der Waals surface area contributed by atoms with E-state index in [9.17, 15) is 14.4 Å². The Labute approximate surface area is 134 Å². The highest BCUT2D eigenvalue weighted by Crippen LogP contribution is 2.25. The van der Waals surface area contributed by atoms with Crippen molar-refractivity contribution < 1.29 is 19.1 Å². The van der Waals surface area contributed by atoms with E-state index in [0.717, 1.165) is 10.6 Å². The fraction of sp³-hybridized carbons (Fsp3) is 0.231. The largest absolute Gasteiger partial charge is 0.452 e. The molecular weight excluding hydrogens is 326 g/mol. The third-order valence-corrected chi connectivity index (χ3v) is 4.19. The molecule has 2 rings (SSSR count). The van der Waals surface area contributed by atoms with Crippen molar-refractivity contribution in [3.8, 4) is 10.6 Å². The van der Waals surface area contributed by atoms with Crippen LogP contribution in [0.15, 0.2) is 22.2 Å². The van der Waals surface area contributed by atoms with E-state index in [1.807, 2.05) is 22.1 Å². The zero-order chi connectivity index (χ0) is 16.1. The van der Waals surface area contributed by atoms with Crippen molar-refractivity contribution in [3.63, 3.8) is 0 Å². The van der Waals surface area contributed by atoms with Gasteiger partial charge in [-0.15, -0.1) is 11.3 Å². The molecule has 0 unspecified atom stereocenters. The predicted octanol–water partition coefficient (Wildman–Crippen LogP) is 1.54. The lowest BCUT2D eigenvalue weighted by Crippen LogP contribution is -2.42. The Morgan fingerprint density at radius 2 is 2.18 bits per heavy atom. The van der Waals surface area contributed by atoms with Crippen LogP contribution in [-0.2, 0) is 20.7 Å². The van der Waals surface area contributed by atoms with E-state index in [1.54, 1.807) is 16.7 Å². The Hall–Kier alpha value is -2.26. The smallest absolute Gasteiger partial charge is 0.318 e. The van der Waals surface area contributed by atoms with Gasteiger partial charge < -0.3 is 10.5 Å². The normalized spacial score (nSPS) is 11.7. The molecule has 22 heavy (non-hydrogen) atoms.